The highest BCUT2D eigenvalue weighted by atomic mass is 79.9. The Morgan fingerprint density at radius 2 is 1.70 bits per heavy atom. The molecular formula is C15H15BrFNO2. The number of ether oxygens (including phenoxy) is 2. The Kier molecular flexibility index (Phi) is 4.62. The molecule has 0 spiro atoms. The zero-order valence-corrected chi connectivity index (χ0v) is 12.8. The van der Waals surface area contributed by atoms with Crippen LogP contribution in [0.3, 0.4) is 0 Å². The van der Waals surface area contributed by atoms with Crippen LogP contribution in [0, 0.1) is 5.82 Å². The van der Waals surface area contributed by atoms with E-state index in [0.29, 0.717) is 16.0 Å². The summed E-state index contributed by atoms with van der Waals surface area (Å²) in [5, 5.41) is 0. The highest BCUT2D eigenvalue weighted by Gasteiger charge is 2.19. The van der Waals surface area contributed by atoms with Crippen LogP contribution in [0.25, 0.3) is 0 Å². The normalized spacial score (nSPS) is 12.1. The maximum atomic E-state index is 13.0. The van der Waals surface area contributed by atoms with Gasteiger partial charge in [-0.15, -0.1) is 0 Å². The lowest BCUT2D eigenvalue weighted by Gasteiger charge is -2.18. The Balaban J connectivity index is 2.46. The average molecular weight is 340 g/mol. The Labute approximate surface area is 125 Å². The van der Waals surface area contributed by atoms with E-state index in [9.17, 15) is 4.39 Å². The SMILES string of the molecule is COc1ccc(C(N)c2ccc(F)cc2)c(OC)c1Br. The van der Waals surface area contributed by atoms with Crippen molar-refractivity contribution >= 4 is 15.9 Å². The first-order chi connectivity index (χ1) is 9.58. The van der Waals surface area contributed by atoms with E-state index in [1.807, 2.05) is 12.1 Å². The monoisotopic (exact) mass is 339 g/mol. The molecule has 106 valence electrons. The van der Waals surface area contributed by atoms with Crippen LogP contribution in [0.5, 0.6) is 11.5 Å². The summed E-state index contributed by atoms with van der Waals surface area (Å²) in [5.74, 6) is 0.988. The predicted octanol–water partition coefficient (Wildman–Crippen LogP) is 3.65. The molecule has 0 amide bonds. The van der Waals surface area contributed by atoms with E-state index < -0.39 is 6.04 Å². The lowest BCUT2D eigenvalue weighted by Crippen LogP contribution is -2.13. The van der Waals surface area contributed by atoms with Gasteiger partial charge < -0.3 is 15.2 Å². The number of nitrogens with two attached hydrogens (primary N) is 1. The second-order valence-corrected chi connectivity index (χ2v) is 5.03. The van der Waals surface area contributed by atoms with E-state index in [1.165, 1.54) is 12.1 Å². The molecule has 20 heavy (non-hydrogen) atoms. The minimum atomic E-state index is -0.409. The third-order valence-electron chi connectivity index (χ3n) is 3.08. The van der Waals surface area contributed by atoms with Gasteiger partial charge in [0, 0.05) is 5.56 Å². The third kappa shape index (κ3) is 2.78. The van der Waals surface area contributed by atoms with Crippen molar-refractivity contribution in [1.82, 2.24) is 0 Å². The smallest absolute Gasteiger partial charge is 0.141 e. The molecule has 3 nitrogen and oxygen atoms in total. The quantitative estimate of drug-likeness (QED) is 0.924. The molecule has 0 aromatic heterocycles. The molecule has 0 aliphatic rings. The van der Waals surface area contributed by atoms with Crippen LogP contribution in [0.2, 0.25) is 0 Å². The highest BCUT2D eigenvalue weighted by molar-refractivity contribution is 9.10. The van der Waals surface area contributed by atoms with Crippen molar-refractivity contribution in [2.45, 2.75) is 6.04 Å². The van der Waals surface area contributed by atoms with Crippen molar-refractivity contribution in [1.29, 1.82) is 0 Å². The van der Waals surface area contributed by atoms with Crippen LogP contribution in [0.1, 0.15) is 17.2 Å². The number of hydrogen-bond acceptors (Lipinski definition) is 3. The second kappa shape index (κ2) is 6.24. The lowest BCUT2D eigenvalue weighted by molar-refractivity contribution is 0.385. The van der Waals surface area contributed by atoms with Crippen LogP contribution >= 0.6 is 15.9 Å². The summed E-state index contributed by atoms with van der Waals surface area (Å²) in [6, 6.07) is 9.35. The number of hydrogen-bond donors (Lipinski definition) is 1. The molecule has 0 saturated carbocycles. The molecule has 2 N–H and O–H groups in total. The zero-order valence-electron chi connectivity index (χ0n) is 11.2. The number of methoxy groups -OCH3 is 2. The maximum Gasteiger partial charge on any atom is 0.141 e. The Bertz CT molecular complexity index is 602. The Hall–Kier alpha value is -1.59. The fraction of sp³-hybridized carbons (Fsp3) is 0.200. The van der Waals surface area contributed by atoms with E-state index in [1.54, 1.807) is 26.4 Å². The summed E-state index contributed by atoms with van der Waals surface area (Å²) in [6.07, 6.45) is 0. The third-order valence-corrected chi connectivity index (χ3v) is 3.83. The number of halogens is 2. The molecule has 0 fully saturated rings. The van der Waals surface area contributed by atoms with Gasteiger partial charge >= 0.3 is 0 Å². The van der Waals surface area contributed by atoms with Gasteiger partial charge in [-0.1, -0.05) is 12.1 Å². The molecule has 0 aliphatic carbocycles. The van der Waals surface area contributed by atoms with Crippen LogP contribution in [-0.4, -0.2) is 14.2 Å². The van der Waals surface area contributed by atoms with Gasteiger partial charge in [-0.05, 0) is 45.8 Å². The molecule has 2 aromatic rings. The van der Waals surface area contributed by atoms with Gasteiger partial charge in [-0.25, -0.2) is 4.39 Å². The van der Waals surface area contributed by atoms with Gasteiger partial charge in [0.15, 0.2) is 0 Å². The van der Waals surface area contributed by atoms with Crippen LogP contribution in [0.15, 0.2) is 40.9 Å². The topological polar surface area (TPSA) is 44.5 Å². The van der Waals surface area contributed by atoms with Crippen molar-refractivity contribution in [3.8, 4) is 11.5 Å². The minimum Gasteiger partial charge on any atom is -0.495 e. The summed E-state index contributed by atoms with van der Waals surface area (Å²) in [4.78, 5) is 0. The maximum absolute atomic E-state index is 13.0. The molecule has 0 radical (unpaired) electrons. The summed E-state index contributed by atoms with van der Waals surface area (Å²) in [6.45, 7) is 0. The molecule has 0 saturated heterocycles. The molecule has 0 bridgehead atoms. The Morgan fingerprint density at radius 3 is 2.25 bits per heavy atom. The fourth-order valence-corrected chi connectivity index (χ4v) is 2.70. The first-order valence-electron chi connectivity index (χ1n) is 6.00. The molecule has 1 unspecified atom stereocenters. The first kappa shape index (κ1) is 14.8. The molecule has 2 rings (SSSR count). The standard InChI is InChI=1S/C15H15BrFNO2/c1-19-12-8-7-11(15(20-2)13(12)16)14(18)9-3-5-10(17)6-4-9/h3-8,14H,18H2,1-2H3. The summed E-state index contributed by atoms with van der Waals surface area (Å²) < 4.78 is 24.3. The summed E-state index contributed by atoms with van der Waals surface area (Å²) in [7, 11) is 3.15. The van der Waals surface area contributed by atoms with Crippen LogP contribution in [0.4, 0.5) is 4.39 Å². The van der Waals surface area contributed by atoms with E-state index >= 15 is 0 Å². The summed E-state index contributed by atoms with van der Waals surface area (Å²) in [5.41, 5.74) is 7.84. The average Bonchev–Trinajstić information content (AvgIpc) is 2.47. The van der Waals surface area contributed by atoms with Gasteiger partial charge in [0.2, 0.25) is 0 Å². The largest absolute Gasteiger partial charge is 0.495 e. The number of rotatable bonds is 4. The lowest BCUT2D eigenvalue weighted by atomic mass is 9.98. The van der Waals surface area contributed by atoms with E-state index in [-0.39, 0.29) is 5.82 Å². The van der Waals surface area contributed by atoms with Gasteiger partial charge in [0.05, 0.1) is 20.3 Å². The number of benzene rings is 2. The van der Waals surface area contributed by atoms with Gasteiger partial charge in [-0.3, -0.25) is 0 Å². The van der Waals surface area contributed by atoms with Gasteiger partial charge in [-0.2, -0.15) is 0 Å². The molecule has 0 aliphatic heterocycles. The molecule has 5 heteroatoms. The minimum absolute atomic E-state index is 0.288. The van der Waals surface area contributed by atoms with Crippen LogP contribution in [-0.2, 0) is 0 Å². The van der Waals surface area contributed by atoms with E-state index in [4.69, 9.17) is 15.2 Å². The zero-order chi connectivity index (χ0) is 14.7. The molecule has 1 atom stereocenters. The second-order valence-electron chi connectivity index (χ2n) is 4.23. The van der Waals surface area contributed by atoms with Gasteiger partial charge in [0.25, 0.3) is 0 Å². The predicted molar refractivity (Wildman–Crippen MR) is 79.7 cm³/mol. The van der Waals surface area contributed by atoms with Crippen LogP contribution < -0.4 is 15.2 Å². The van der Waals surface area contributed by atoms with Crippen molar-refractivity contribution < 1.29 is 13.9 Å². The Morgan fingerprint density at radius 1 is 1.05 bits per heavy atom. The van der Waals surface area contributed by atoms with Crippen molar-refractivity contribution in [3.63, 3.8) is 0 Å². The molecular weight excluding hydrogens is 325 g/mol. The van der Waals surface area contributed by atoms with Gasteiger partial charge in [0.1, 0.15) is 21.8 Å². The summed E-state index contributed by atoms with van der Waals surface area (Å²) >= 11 is 3.44. The van der Waals surface area contributed by atoms with E-state index in [0.717, 1.165) is 11.1 Å². The first-order valence-corrected chi connectivity index (χ1v) is 6.79. The van der Waals surface area contributed by atoms with Crippen molar-refractivity contribution in [2.75, 3.05) is 14.2 Å². The van der Waals surface area contributed by atoms with E-state index in [2.05, 4.69) is 15.9 Å². The van der Waals surface area contributed by atoms with Crippen molar-refractivity contribution in [2.24, 2.45) is 5.73 Å². The highest BCUT2D eigenvalue weighted by Crippen LogP contribution is 2.40. The molecule has 0 heterocycles. The fourth-order valence-electron chi connectivity index (χ4n) is 2.01. The molecule has 2 aromatic carbocycles. The van der Waals surface area contributed by atoms with Crippen molar-refractivity contribution in [3.05, 3.63) is 57.8 Å².